The molecule has 1 aromatic rings. The number of amides is 1. The van der Waals surface area contributed by atoms with E-state index in [0.717, 1.165) is 45.8 Å². The van der Waals surface area contributed by atoms with Crippen molar-refractivity contribution in [2.45, 2.75) is 12.5 Å². The molecule has 0 N–H and O–H groups in total. The lowest BCUT2D eigenvalue weighted by Gasteiger charge is -2.31. The van der Waals surface area contributed by atoms with Crippen molar-refractivity contribution in [2.24, 2.45) is 0 Å². The molecule has 2 fully saturated rings. The van der Waals surface area contributed by atoms with Gasteiger partial charge in [0.1, 0.15) is 5.69 Å². The molecule has 3 heterocycles. The first-order valence-electron chi connectivity index (χ1n) is 6.34. The molecule has 2 aliphatic heterocycles. The van der Waals surface area contributed by atoms with E-state index in [1.54, 1.807) is 5.51 Å². The van der Waals surface area contributed by atoms with Gasteiger partial charge in [0, 0.05) is 37.6 Å². The number of rotatable bonds is 2. The Morgan fingerprint density at radius 2 is 2.22 bits per heavy atom. The minimum Gasteiger partial charge on any atom is -0.379 e. The van der Waals surface area contributed by atoms with Gasteiger partial charge in [-0.1, -0.05) is 0 Å². The Bertz CT molecular complexity index is 403. The van der Waals surface area contributed by atoms with Crippen molar-refractivity contribution < 1.29 is 9.53 Å². The second-order valence-corrected chi connectivity index (χ2v) is 5.43. The summed E-state index contributed by atoms with van der Waals surface area (Å²) >= 11 is 1.47. The molecule has 5 nitrogen and oxygen atoms in total. The van der Waals surface area contributed by atoms with Crippen LogP contribution in [-0.4, -0.2) is 66.1 Å². The van der Waals surface area contributed by atoms with Gasteiger partial charge in [-0.05, 0) is 6.42 Å². The second kappa shape index (κ2) is 5.34. The Morgan fingerprint density at radius 3 is 2.94 bits per heavy atom. The third-order valence-corrected chi connectivity index (χ3v) is 4.25. The molecule has 0 bridgehead atoms. The third-order valence-electron chi connectivity index (χ3n) is 3.66. The fourth-order valence-electron chi connectivity index (χ4n) is 2.65. The lowest BCUT2D eigenvalue weighted by Crippen LogP contribution is -2.45. The molecule has 0 radical (unpaired) electrons. The Labute approximate surface area is 110 Å². The summed E-state index contributed by atoms with van der Waals surface area (Å²) in [5, 5.41) is 1.82. The van der Waals surface area contributed by atoms with Gasteiger partial charge in [-0.3, -0.25) is 9.69 Å². The molecular formula is C12H17N3O2S. The highest BCUT2D eigenvalue weighted by atomic mass is 32.1. The van der Waals surface area contributed by atoms with Crippen LogP contribution in [0.15, 0.2) is 10.9 Å². The van der Waals surface area contributed by atoms with Gasteiger partial charge in [0.25, 0.3) is 5.91 Å². The summed E-state index contributed by atoms with van der Waals surface area (Å²) in [4.78, 5) is 20.6. The van der Waals surface area contributed by atoms with Gasteiger partial charge in [-0.15, -0.1) is 11.3 Å². The normalized spacial score (nSPS) is 25.6. The summed E-state index contributed by atoms with van der Waals surface area (Å²) in [6.45, 7) is 5.29. The van der Waals surface area contributed by atoms with E-state index < -0.39 is 0 Å². The van der Waals surface area contributed by atoms with E-state index in [9.17, 15) is 4.79 Å². The summed E-state index contributed by atoms with van der Waals surface area (Å²) in [6, 6.07) is 0.497. The smallest absolute Gasteiger partial charge is 0.273 e. The summed E-state index contributed by atoms with van der Waals surface area (Å²) < 4.78 is 5.36. The molecule has 1 atom stereocenters. The lowest BCUT2D eigenvalue weighted by molar-refractivity contribution is 0.0185. The van der Waals surface area contributed by atoms with E-state index in [2.05, 4.69) is 9.88 Å². The highest BCUT2D eigenvalue weighted by molar-refractivity contribution is 7.07. The zero-order valence-electron chi connectivity index (χ0n) is 10.2. The van der Waals surface area contributed by atoms with Crippen LogP contribution in [0.5, 0.6) is 0 Å². The minimum atomic E-state index is 0.0759. The molecule has 18 heavy (non-hydrogen) atoms. The third kappa shape index (κ3) is 2.41. The van der Waals surface area contributed by atoms with Crippen LogP contribution in [0.3, 0.4) is 0 Å². The number of morpholine rings is 1. The molecule has 2 aliphatic rings. The van der Waals surface area contributed by atoms with Gasteiger partial charge in [0.2, 0.25) is 0 Å². The van der Waals surface area contributed by atoms with E-state index >= 15 is 0 Å². The topological polar surface area (TPSA) is 45.7 Å². The maximum atomic E-state index is 12.2. The number of carbonyl (C=O) groups excluding carboxylic acids is 1. The van der Waals surface area contributed by atoms with Crippen LogP contribution in [0.1, 0.15) is 16.9 Å². The van der Waals surface area contributed by atoms with Crippen LogP contribution in [0.2, 0.25) is 0 Å². The van der Waals surface area contributed by atoms with Crippen LogP contribution >= 0.6 is 11.3 Å². The number of likely N-dealkylation sites (tertiary alicyclic amines) is 1. The SMILES string of the molecule is O=C(c1cscn1)N1CCC(N2CCOCC2)C1. The molecule has 1 unspecified atom stereocenters. The molecule has 1 aromatic heterocycles. The van der Waals surface area contributed by atoms with Crippen molar-refractivity contribution in [3.63, 3.8) is 0 Å². The number of carbonyl (C=O) groups is 1. The molecule has 1 amide bonds. The first-order valence-corrected chi connectivity index (χ1v) is 7.28. The maximum absolute atomic E-state index is 12.2. The van der Waals surface area contributed by atoms with Gasteiger partial charge in [0.05, 0.1) is 18.7 Å². The van der Waals surface area contributed by atoms with E-state index in [4.69, 9.17) is 4.74 Å². The van der Waals surface area contributed by atoms with E-state index in [-0.39, 0.29) is 5.91 Å². The zero-order chi connectivity index (χ0) is 12.4. The van der Waals surface area contributed by atoms with E-state index in [1.807, 2.05) is 10.3 Å². The van der Waals surface area contributed by atoms with Gasteiger partial charge < -0.3 is 9.64 Å². The van der Waals surface area contributed by atoms with Gasteiger partial charge >= 0.3 is 0 Å². The van der Waals surface area contributed by atoms with Crippen LogP contribution in [-0.2, 0) is 4.74 Å². The van der Waals surface area contributed by atoms with Crippen molar-refractivity contribution in [3.05, 3.63) is 16.6 Å². The second-order valence-electron chi connectivity index (χ2n) is 4.72. The molecule has 6 heteroatoms. The standard InChI is InChI=1S/C12H17N3O2S/c16-12(11-8-18-9-13-11)15-2-1-10(7-15)14-3-5-17-6-4-14/h8-10H,1-7H2. The molecule has 0 aromatic carbocycles. The molecule has 98 valence electrons. The molecule has 0 saturated carbocycles. The number of nitrogens with zero attached hydrogens (tertiary/aromatic N) is 3. The quantitative estimate of drug-likeness (QED) is 0.791. The number of hydrogen-bond donors (Lipinski definition) is 0. The lowest BCUT2D eigenvalue weighted by atomic mass is 10.2. The predicted molar refractivity (Wildman–Crippen MR) is 68.8 cm³/mol. The average molecular weight is 267 g/mol. The Kier molecular flexibility index (Phi) is 3.58. The Morgan fingerprint density at radius 1 is 1.39 bits per heavy atom. The van der Waals surface area contributed by atoms with Gasteiger partial charge in [0.15, 0.2) is 0 Å². The highest BCUT2D eigenvalue weighted by Crippen LogP contribution is 2.19. The van der Waals surface area contributed by atoms with Gasteiger partial charge in [-0.25, -0.2) is 4.98 Å². The maximum Gasteiger partial charge on any atom is 0.273 e. The summed E-state index contributed by atoms with van der Waals surface area (Å²) in [5.74, 6) is 0.0759. The van der Waals surface area contributed by atoms with Crippen molar-refractivity contribution >= 4 is 17.2 Å². The number of ether oxygens (including phenoxy) is 1. The van der Waals surface area contributed by atoms with Crippen LogP contribution < -0.4 is 0 Å². The van der Waals surface area contributed by atoms with Crippen LogP contribution in [0, 0.1) is 0 Å². The largest absolute Gasteiger partial charge is 0.379 e. The molecule has 2 saturated heterocycles. The van der Waals surface area contributed by atoms with Crippen LogP contribution in [0.25, 0.3) is 0 Å². The van der Waals surface area contributed by atoms with Crippen molar-refractivity contribution in [1.82, 2.24) is 14.8 Å². The average Bonchev–Trinajstić information content (AvgIpc) is 3.10. The molecule has 0 spiro atoms. The summed E-state index contributed by atoms with van der Waals surface area (Å²) in [6.07, 6.45) is 1.07. The van der Waals surface area contributed by atoms with E-state index in [1.165, 1.54) is 11.3 Å². The first kappa shape index (κ1) is 12.1. The molecular weight excluding hydrogens is 250 g/mol. The number of aromatic nitrogens is 1. The number of thiazole rings is 1. The monoisotopic (exact) mass is 267 g/mol. The van der Waals surface area contributed by atoms with Crippen molar-refractivity contribution in [2.75, 3.05) is 39.4 Å². The van der Waals surface area contributed by atoms with Crippen molar-refractivity contribution in [3.8, 4) is 0 Å². The fraction of sp³-hybridized carbons (Fsp3) is 0.667. The Hall–Kier alpha value is -0.980. The first-order chi connectivity index (χ1) is 8.84. The summed E-state index contributed by atoms with van der Waals surface area (Å²) in [7, 11) is 0. The number of hydrogen-bond acceptors (Lipinski definition) is 5. The molecule has 0 aliphatic carbocycles. The minimum absolute atomic E-state index is 0.0759. The zero-order valence-corrected chi connectivity index (χ0v) is 11.1. The molecule has 3 rings (SSSR count). The van der Waals surface area contributed by atoms with Gasteiger partial charge in [-0.2, -0.15) is 0 Å². The Balaban J connectivity index is 1.59. The predicted octanol–water partition coefficient (Wildman–Crippen LogP) is 0.690. The highest BCUT2D eigenvalue weighted by Gasteiger charge is 2.31. The van der Waals surface area contributed by atoms with Crippen LogP contribution in [0.4, 0.5) is 0 Å². The summed E-state index contributed by atoms with van der Waals surface area (Å²) in [5.41, 5.74) is 2.30. The van der Waals surface area contributed by atoms with E-state index in [0.29, 0.717) is 11.7 Å². The van der Waals surface area contributed by atoms with Crippen molar-refractivity contribution in [1.29, 1.82) is 0 Å². The fourth-order valence-corrected chi connectivity index (χ4v) is 3.17.